The molecule has 2 aromatic rings. The van der Waals surface area contributed by atoms with Crippen LogP contribution in [0.4, 0.5) is 0 Å². The second kappa shape index (κ2) is 4.20. The Morgan fingerprint density at radius 1 is 1.47 bits per heavy atom. The van der Waals surface area contributed by atoms with E-state index in [1.54, 1.807) is 0 Å². The Morgan fingerprint density at radius 3 is 2.79 bits per heavy atom. The molecule has 19 heavy (non-hydrogen) atoms. The van der Waals surface area contributed by atoms with Gasteiger partial charge < -0.3 is 4.98 Å². The molecule has 1 fully saturated rings. The van der Waals surface area contributed by atoms with Gasteiger partial charge in [0.05, 0.1) is 5.69 Å². The molecule has 0 aliphatic heterocycles. The van der Waals surface area contributed by atoms with Crippen LogP contribution in [0, 0.1) is 17.1 Å². The summed E-state index contributed by atoms with van der Waals surface area (Å²) in [6, 6.07) is 0.512. The van der Waals surface area contributed by atoms with Gasteiger partial charge in [0, 0.05) is 12.6 Å². The molecule has 5 heteroatoms. The second-order valence-electron chi connectivity index (χ2n) is 6.46. The van der Waals surface area contributed by atoms with Crippen LogP contribution in [0.2, 0.25) is 0 Å². The van der Waals surface area contributed by atoms with Gasteiger partial charge in [-0.25, -0.2) is 4.68 Å². The van der Waals surface area contributed by atoms with Crippen LogP contribution in [-0.4, -0.2) is 19.3 Å². The number of aromatic nitrogens is 4. The first-order chi connectivity index (χ1) is 8.93. The normalized spacial score (nSPS) is 22.4. The van der Waals surface area contributed by atoms with E-state index in [1.807, 2.05) is 6.92 Å². The molecule has 0 aromatic carbocycles. The van der Waals surface area contributed by atoms with Crippen molar-refractivity contribution in [3.63, 3.8) is 0 Å². The number of nitrogens with zero attached hydrogens (tertiary/aromatic N) is 3. The molecule has 0 radical (unpaired) electrons. The summed E-state index contributed by atoms with van der Waals surface area (Å²) in [5, 5.41) is 4.60. The third kappa shape index (κ3) is 1.95. The zero-order valence-corrected chi connectivity index (χ0v) is 13.0. The molecule has 1 N–H and O–H groups in total. The Balaban J connectivity index is 2.18. The molecular weight excluding hydrogens is 256 g/mol. The molecule has 3 rings (SSSR count). The maximum Gasteiger partial charge on any atom is 0.179 e. The Kier molecular flexibility index (Phi) is 2.85. The lowest BCUT2D eigenvalue weighted by atomic mass is 9.92. The number of rotatable bonds is 2. The second-order valence-corrected chi connectivity index (χ2v) is 6.85. The van der Waals surface area contributed by atoms with Crippen LogP contribution in [0.15, 0.2) is 0 Å². The minimum Gasteiger partial charge on any atom is -0.328 e. The molecular formula is C14H22N4S. The predicted molar refractivity (Wildman–Crippen MR) is 80.0 cm³/mol. The Labute approximate surface area is 118 Å². The summed E-state index contributed by atoms with van der Waals surface area (Å²) >= 11 is 5.55. The van der Waals surface area contributed by atoms with Crippen LogP contribution in [0.25, 0.3) is 11.2 Å². The van der Waals surface area contributed by atoms with Crippen molar-refractivity contribution in [3.05, 3.63) is 10.5 Å². The molecule has 2 aromatic heterocycles. The Morgan fingerprint density at radius 2 is 2.21 bits per heavy atom. The Bertz CT molecular complexity index is 673. The topological polar surface area (TPSA) is 38.5 Å². The van der Waals surface area contributed by atoms with E-state index in [0.717, 1.165) is 22.5 Å². The molecule has 1 saturated carbocycles. The van der Waals surface area contributed by atoms with E-state index in [1.165, 1.54) is 24.9 Å². The van der Waals surface area contributed by atoms with Gasteiger partial charge in [-0.3, -0.25) is 4.57 Å². The van der Waals surface area contributed by atoms with Crippen molar-refractivity contribution < 1.29 is 0 Å². The van der Waals surface area contributed by atoms with Crippen molar-refractivity contribution in [1.29, 1.82) is 0 Å². The van der Waals surface area contributed by atoms with Gasteiger partial charge in [0.1, 0.15) is 5.52 Å². The summed E-state index contributed by atoms with van der Waals surface area (Å²) in [5.74, 6) is 0. The highest BCUT2D eigenvalue weighted by atomic mass is 32.1. The fourth-order valence-electron chi connectivity index (χ4n) is 3.40. The summed E-state index contributed by atoms with van der Waals surface area (Å²) in [4.78, 5) is 3.35. The van der Waals surface area contributed by atoms with Gasteiger partial charge in [0.2, 0.25) is 0 Å². The molecule has 0 spiro atoms. The third-order valence-corrected chi connectivity index (χ3v) is 4.69. The SMILES string of the molecule is CCn1nc(C)c2[nH]c(=S)n(C3CCC(C)(C)C3)c21. The molecule has 1 aliphatic carbocycles. The standard InChI is InChI=1S/C14H22N4S/c1-5-17-12-11(9(2)16-17)15-13(19)18(12)10-6-7-14(3,4)8-10/h10H,5-8H2,1-4H3,(H,15,19). The number of nitrogens with one attached hydrogen (secondary N) is 1. The van der Waals surface area contributed by atoms with E-state index in [4.69, 9.17) is 12.2 Å². The minimum absolute atomic E-state index is 0.426. The van der Waals surface area contributed by atoms with Crippen molar-refractivity contribution in [1.82, 2.24) is 19.3 Å². The summed E-state index contributed by atoms with van der Waals surface area (Å²) in [5.41, 5.74) is 3.75. The summed E-state index contributed by atoms with van der Waals surface area (Å²) in [6.07, 6.45) is 3.68. The van der Waals surface area contributed by atoms with E-state index in [-0.39, 0.29) is 0 Å². The first kappa shape index (κ1) is 12.9. The van der Waals surface area contributed by atoms with Crippen LogP contribution in [0.3, 0.4) is 0 Å². The number of imidazole rings is 1. The van der Waals surface area contributed by atoms with Crippen molar-refractivity contribution in [2.75, 3.05) is 0 Å². The first-order valence-corrected chi connectivity index (χ1v) is 7.51. The van der Waals surface area contributed by atoms with Gasteiger partial charge in [-0.2, -0.15) is 5.10 Å². The number of aromatic amines is 1. The molecule has 4 nitrogen and oxygen atoms in total. The molecule has 1 unspecified atom stereocenters. The van der Waals surface area contributed by atoms with E-state index in [0.29, 0.717) is 11.5 Å². The molecule has 0 amide bonds. The van der Waals surface area contributed by atoms with Crippen LogP contribution < -0.4 is 0 Å². The fourth-order valence-corrected chi connectivity index (χ4v) is 3.74. The molecule has 1 aliphatic rings. The van der Waals surface area contributed by atoms with E-state index in [2.05, 4.69) is 40.1 Å². The highest BCUT2D eigenvalue weighted by Gasteiger charge is 2.33. The molecule has 1 atom stereocenters. The zero-order valence-electron chi connectivity index (χ0n) is 12.2. The van der Waals surface area contributed by atoms with Crippen molar-refractivity contribution in [3.8, 4) is 0 Å². The van der Waals surface area contributed by atoms with E-state index >= 15 is 0 Å². The number of aryl methyl sites for hydroxylation is 2. The molecule has 0 saturated heterocycles. The van der Waals surface area contributed by atoms with Gasteiger partial charge >= 0.3 is 0 Å². The van der Waals surface area contributed by atoms with Gasteiger partial charge in [-0.1, -0.05) is 13.8 Å². The van der Waals surface area contributed by atoms with Crippen LogP contribution in [0.1, 0.15) is 51.8 Å². The zero-order chi connectivity index (χ0) is 13.8. The maximum absolute atomic E-state index is 5.55. The average molecular weight is 278 g/mol. The van der Waals surface area contributed by atoms with Crippen LogP contribution in [-0.2, 0) is 6.54 Å². The lowest BCUT2D eigenvalue weighted by Gasteiger charge is -2.18. The number of fused-ring (bicyclic) bond motifs is 1. The van der Waals surface area contributed by atoms with Gasteiger partial charge in [-0.05, 0) is 50.7 Å². The van der Waals surface area contributed by atoms with Crippen molar-refractivity contribution in [2.24, 2.45) is 5.41 Å². The lowest BCUT2D eigenvalue weighted by Crippen LogP contribution is -2.12. The quantitative estimate of drug-likeness (QED) is 0.844. The van der Waals surface area contributed by atoms with Crippen molar-refractivity contribution >= 4 is 23.4 Å². The largest absolute Gasteiger partial charge is 0.328 e. The summed E-state index contributed by atoms with van der Waals surface area (Å²) < 4.78 is 5.23. The highest BCUT2D eigenvalue weighted by Crippen LogP contribution is 2.44. The van der Waals surface area contributed by atoms with Crippen LogP contribution >= 0.6 is 12.2 Å². The summed E-state index contributed by atoms with van der Waals surface area (Å²) in [6.45, 7) is 9.76. The van der Waals surface area contributed by atoms with Gasteiger partial charge in [0.25, 0.3) is 0 Å². The summed E-state index contributed by atoms with van der Waals surface area (Å²) in [7, 11) is 0. The number of H-pyrrole nitrogens is 1. The van der Waals surface area contributed by atoms with E-state index < -0.39 is 0 Å². The highest BCUT2D eigenvalue weighted by molar-refractivity contribution is 7.71. The van der Waals surface area contributed by atoms with Gasteiger partial charge in [-0.15, -0.1) is 0 Å². The average Bonchev–Trinajstić information content (AvgIpc) is 2.94. The maximum atomic E-state index is 5.55. The predicted octanol–water partition coefficient (Wildman–Crippen LogP) is 3.97. The first-order valence-electron chi connectivity index (χ1n) is 7.10. The lowest BCUT2D eigenvalue weighted by molar-refractivity contribution is 0.358. The third-order valence-electron chi connectivity index (χ3n) is 4.39. The van der Waals surface area contributed by atoms with Gasteiger partial charge in [0.15, 0.2) is 10.4 Å². The smallest absolute Gasteiger partial charge is 0.179 e. The van der Waals surface area contributed by atoms with Crippen molar-refractivity contribution in [2.45, 2.75) is 59.5 Å². The van der Waals surface area contributed by atoms with E-state index in [9.17, 15) is 0 Å². The number of hydrogen-bond donors (Lipinski definition) is 1. The number of hydrogen-bond acceptors (Lipinski definition) is 2. The fraction of sp³-hybridized carbons (Fsp3) is 0.714. The van der Waals surface area contributed by atoms with Crippen LogP contribution in [0.5, 0.6) is 0 Å². The monoisotopic (exact) mass is 278 g/mol. The molecule has 0 bridgehead atoms. The molecule has 104 valence electrons. The Hall–Kier alpha value is -1.10. The minimum atomic E-state index is 0.426. The molecule has 2 heterocycles.